The molecule has 28 heavy (non-hydrogen) atoms. The van der Waals surface area contributed by atoms with Crippen LogP contribution >= 0.6 is 0 Å². The topological polar surface area (TPSA) is 94.2 Å². The van der Waals surface area contributed by atoms with Crippen molar-refractivity contribution in [3.05, 3.63) is 48.5 Å². The van der Waals surface area contributed by atoms with E-state index in [-0.39, 0.29) is 19.2 Å². The van der Waals surface area contributed by atoms with Gasteiger partial charge in [-0.05, 0) is 24.3 Å². The van der Waals surface area contributed by atoms with Crippen molar-refractivity contribution in [3.63, 3.8) is 0 Å². The fourth-order valence-electron chi connectivity index (χ4n) is 2.74. The van der Waals surface area contributed by atoms with E-state index in [1.54, 1.807) is 30.3 Å². The average molecular weight is 406 g/mol. The molecule has 0 bridgehead atoms. The van der Waals surface area contributed by atoms with E-state index in [2.05, 4.69) is 5.32 Å². The summed E-state index contributed by atoms with van der Waals surface area (Å²) < 4.78 is 41.9. The molecule has 1 heterocycles. The highest BCUT2D eigenvalue weighted by molar-refractivity contribution is 7.92. The summed E-state index contributed by atoms with van der Waals surface area (Å²) in [4.78, 5) is 12.4. The molecular formula is C19H22N2O6S. The zero-order valence-electron chi connectivity index (χ0n) is 15.6. The molecule has 1 amide bonds. The summed E-state index contributed by atoms with van der Waals surface area (Å²) in [5, 5.41) is 2.70. The summed E-state index contributed by atoms with van der Waals surface area (Å²) in [7, 11) is -2.17. The van der Waals surface area contributed by atoms with Gasteiger partial charge >= 0.3 is 0 Å². The number of rotatable bonds is 7. The van der Waals surface area contributed by atoms with Crippen LogP contribution in [0.4, 0.5) is 5.69 Å². The van der Waals surface area contributed by atoms with Gasteiger partial charge in [0.2, 0.25) is 15.9 Å². The number of carbonyl (C=O) groups excluding carboxylic acids is 1. The smallest absolute Gasteiger partial charge is 0.240 e. The SMILES string of the molecule is COc1cccc(N(CC(=O)NC[C@@H]2COc3ccccc3O2)S(C)(=O)=O)c1. The van der Waals surface area contributed by atoms with Gasteiger partial charge in [0, 0.05) is 6.07 Å². The number of amides is 1. The second-order valence-electron chi connectivity index (χ2n) is 6.27. The van der Waals surface area contributed by atoms with Gasteiger partial charge in [0.1, 0.15) is 25.0 Å². The van der Waals surface area contributed by atoms with Gasteiger partial charge < -0.3 is 19.5 Å². The van der Waals surface area contributed by atoms with Crippen LogP contribution in [0.1, 0.15) is 0 Å². The average Bonchev–Trinajstić information content (AvgIpc) is 2.69. The Kier molecular flexibility index (Phi) is 5.93. The van der Waals surface area contributed by atoms with Crippen molar-refractivity contribution >= 4 is 21.6 Å². The molecule has 0 fully saturated rings. The van der Waals surface area contributed by atoms with E-state index in [1.165, 1.54) is 7.11 Å². The predicted octanol–water partition coefficient (Wildman–Crippen LogP) is 1.42. The Labute approximate surface area is 164 Å². The van der Waals surface area contributed by atoms with E-state index >= 15 is 0 Å². The van der Waals surface area contributed by atoms with Crippen molar-refractivity contribution in [1.29, 1.82) is 0 Å². The molecule has 1 N–H and O–H groups in total. The lowest BCUT2D eigenvalue weighted by atomic mass is 10.2. The summed E-state index contributed by atoms with van der Waals surface area (Å²) in [5.74, 6) is 1.32. The van der Waals surface area contributed by atoms with Crippen LogP contribution in [0.5, 0.6) is 17.2 Å². The third kappa shape index (κ3) is 4.86. The second kappa shape index (κ2) is 8.39. The molecule has 9 heteroatoms. The van der Waals surface area contributed by atoms with Gasteiger partial charge in [-0.15, -0.1) is 0 Å². The molecule has 0 unspecified atom stereocenters. The number of nitrogens with one attached hydrogen (secondary N) is 1. The molecule has 0 aliphatic carbocycles. The maximum Gasteiger partial charge on any atom is 0.240 e. The molecule has 2 aromatic rings. The second-order valence-corrected chi connectivity index (χ2v) is 8.18. The van der Waals surface area contributed by atoms with Gasteiger partial charge in [-0.3, -0.25) is 9.10 Å². The summed E-state index contributed by atoms with van der Waals surface area (Å²) in [6.45, 7) is 0.141. The molecule has 1 aliphatic heterocycles. The van der Waals surface area contributed by atoms with Gasteiger partial charge in [-0.2, -0.15) is 0 Å². The first kappa shape index (κ1) is 19.8. The summed E-state index contributed by atoms with van der Waals surface area (Å²) in [6.07, 6.45) is 0.691. The fraction of sp³-hybridized carbons (Fsp3) is 0.316. The Morgan fingerprint density at radius 2 is 1.96 bits per heavy atom. The maximum atomic E-state index is 12.4. The van der Waals surface area contributed by atoms with Crippen LogP contribution in [0, 0.1) is 0 Å². The zero-order chi connectivity index (χ0) is 20.1. The lowest BCUT2D eigenvalue weighted by Crippen LogP contribution is -2.45. The highest BCUT2D eigenvalue weighted by Gasteiger charge is 2.24. The zero-order valence-corrected chi connectivity index (χ0v) is 16.4. The minimum atomic E-state index is -3.66. The van der Waals surface area contributed by atoms with Crippen LogP contribution in [-0.2, 0) is 14.8 Å². The largest absolute Gasteiger partial charge is 0.497 e. The van der Waals surface area contributed by atoms with Crippen LogP contribution < -0.4 is 23.8 Å². The van der Waals surface area contributed by atoms with E-state index in [9.17, 15) is 13.2 Å². The van der Waals surface area contributed by atoms with Gasteiger partial charge in [0.15, 0.2) is 11.5 Å². The number of nitrogens with zero attached hydrogens (tertiary/aromatic N) is 1. The van der Waals surface area contributed by atoms with Crippen molar-refractivity contribution in [2.75, 3.05) is 37.4 Å². The first-order valence-corrected chi connectivity index (χ1v) is 10.5. The third-order valence-electron chi connectivity index (χ3n) is 4.12. The van der Waals surface area contributed by atoms with E-state index in [4.69, 9.17) is 14.2 Å². The van der Waals surface area contributed by atoms with Gasteiger partial charge in [-0.1, -0.05) is 18.2 Å². The van der Waals surface area contributed by atoms with E-state index in [0.717, 1.165) is 10.6 Å². The Hall–Kier alpha value is -2.94. The molecule has 1 atom stereocenters. The van der Waals surface area contributed by atoms with E-state index < -0.39 is 15.9 Å². The number of para-hydroxylation sites is 2. The monoisotopic (exact) mass is 406 g/mol. The molecule has 1 aliphatic rings. The molecule has 150 valence electrons. The number of sulfonamides is 1. The van der Waals surface area contributed by atoms with Crippen LogP contribution in [0.15, 0.2) is 48.5 Å². The maximum absolute atomic E-state index is 12.4. The third-order valence-corrected chi connectivity index (χ3v) is 5.26. The first-order valence-electron chi connectivity index (χ1n) is 8.64. The molecule has 0 spiro atoms. The van der Waals surface area contributed by atoms with Crippen molar-refractivity contribution in [2.24, 2.45) is 0 Å². The molecule has 0 aromatic heterocycles. The number of benzene rings is 2. The van der Waals surface area contributed by atoms with E-state index in [0.29, 0.717) is 29.5 Å². The number of carbonyl (C=O) groups is 1. The Morgan fingerprint density at radius 1 is 1.21 bits per heavy atom. The molecule has 3 rings (SSSR count). The molecule has 8 nitrogen and oxygen atoms in total. The summed E-state index contributed by atoms with van der Waals surface area (Å²) >= 11 is 0. The van der Waals surface area contributed by atoms with Gasteiger partial charge in [-0.25, -0.2) is 8.42 Å². The van der Waals surface area contributed by atoms with Gasteiger partial charge in [0.05, 0.1) is 25.6 Å². The minimum Gasteiger partial charge on any atom is -0.497 e. The number of hydrogen-bond donors (Lipinski definition) is 1. The Bertz CT molecular complexity index is 947. The lowest BCUT2D eigenvalue weighted by Gasteiger charge is -2.27. The van der Waals surface area contributed by atoms with Crippen LogP contribution in [0.25, 0.3) is 0 Å². The van der Waals surface area contributed by atoms with Crippen LogP contribution in [-0.4, -0.2) is 53.5 Å². The lowest BCUT2D eigenvalue weighted by molar-refractivity contribution is -0.120. The molecule has 0 radical (unpaired) electrons. The van der Waals surface area contributed by atoms with E-state index in [1.807, 2.05) is 18.2 Å². The Balaban J connectivity index is 1.62. The molecule has 2 aromatic carbocycles. The highest BCUT2D eigenvalue weighted by Crippen LogP contribution is 2.30. The quantitative estimate of drug-likeness (QED) is 0.747. The van der Waals surface area contributed by atoms with Crippen molar-refractivity contribution in [1.82, 2.24) is 5.32 Å². The number of fused-ring (bicyclic) bond motifs is 1. The molecule has 0 saturated carbocycles. The molecule has 0 saturated heterocycles. The number of anilines is 1. The standard InChI is InChI=1S/C19H22N2O6S/c1-25-15-7-5-6-14(10-15)21(28(2,23)24)12-19(22)20-11-16-13-26-17-8-3-4-9-18(17)27-16/h3-10,16H,11-13H2,1-2H3,(H,20,22)/t16-/m1/s1. The minimum absolute atomic E-state index is 0.197. The summed E-state index contributed by atoms with van der Waals surface area (Å²) in [5.41, 5.74) is 0.350. The normalized spacial score (nSPS) is 15.6. The number of hydrogen-bond acceptors (Lipinski definition) is 6. The van der Waals surface area contributed by atoms with Crippen molar-refractivity contribution in [2.45, 2.75) is 6.10 Å². The highest BCUT2D eigenvalue weighted by atomic mass is 32.2. The number of methoxy groups -OCH3 is 1. The van der Waals surface area contributed by atoms with Crippen LogP contribution in [0.3, 0.4) is 0 Å². The fourth-order valence-corrected chi connectivity index (χ4v) is 3.59. The van der Waals surface area contributed by atoms with Crippen molar-refractivity contribution in [3.8, 4) is 17.2 Å². The Morgan fingerprint density at radius 3 is 2.68 bits per heavy atom. The van der Waals surface area contributed by atoms with Crippen molar-refractivity contribution < 1.29 is 27.4 Å². The van der Waals surface area contributed by atoms with Gasteiger partial charge in [0.25, 0.3) is 0 Å². The first-order chi connectivity index (χ1) is 13.4. The molecular weight excluding hydrogens is 384 g/mol. The predicted molar refractivity (Wildman–Crippen MR) is 105 cm³/mol. The number of ether oxygens (including phenoxy) is 3. The summed E-state index contributed by atoms with van der Waals surface area (Å²) in [6, 6.07) is 13.8. The van der Waals surface area contributed by atoms with Crippen LogP contribution in [0.2, 0.25) is 0 Å².